The van der Waals surface area contributed by atoms with Gasteiger partial charge in [-0.1, -0.05) is 0 Å². The molecule has 1 heterocycles. The first-order valence-corrected chi connectivity index (χ1v) is 4.01. The van der Waals surface area contributed by atoms with Crippen molar-refractivity contribution in [3.05, 3.63) is 24.2 Å². The van der Waals surface area contributed by atoms with E-state index in [9.17, 15) is 9.59 Å². The van der Waals surface area contributed by atoms with Gasteiger partial charge in [0, 0.05) is 13.0 Å². The van der Waals surface area contributed by atoms with Gasteiger partial charge in [0.1, 0.15) is 5.78 Å². The van der Waals surface area contributed by atoms with Gasteiger partial charge in [0.05, 0.1) is 6.26 Å². The van der Waals surface area contributed by atoms with Crippen molar-refractivity contribution in [1.82, 2.24) is 5.32 Å². The van der Waals surface area contributed by atoms with Crippen LogP contribution >= 0.6 is 0 Å². The van der Waals surface area contributed by atoms with E-state index in [0.29, 0.717) is 13.0 Å². The summed E-state index contributed by atoms with van der Waals surface area (Å²) in [4.78, 5) is 21.7. The lowest BCUT2D eigenvalue weighted by Gasteiger charge is -1.99. The van der Waals surface area contributed by atoms with E-state index >= 15 is 0 Å². The van der Waals surface area contributed by atoms with Gasteiger partial charge in [-0.25, -0.2) is 0 Å². The third-order valence-electron chi connectivity index (χ3n) is 1.51. The minimum absolute atomic E-state index is 0.0553. The number of amides is 1. The van der Waals surface area contributed by atoms with Crippen molar-refractivity contribution >= 4 is 11.7 Å². The lowest BCUT2D eigenvalue weighted by Crippen LogP contribution is -2.25. The molecule has 0 atom stereocenters. The van der Waals surface area contributed by atoms with E-state index in [0.717, 1.165) is 0 Å². The van der Waals surface area contributed by atoms with Crippen molar-refractivity contribution in [2.45, 2.75) is 13.3 Å². The van der Waals surface area contributed by atoms with Gasteiger partial charge in [0.25, 0.3) is 5.91 Å². The van der Waals surface area contributed by atoms with Gasteiger partial charge in [0.2, 0.25) is 0 Å². The van der Waals surface area contributed by atoms with Crippen LogP contribution in [0.5, 0.6) is 0 Å². The van der Waals surface area contributed by atoms with Crippen LogP contribution in [0.15, 0.2) is 22.8 Å². The minimum Gasteiger partial charge on any atom is -0.459 e. The fourth-order valence-electron chi connectivity index (χ4n) is 0.847. The number of hydrogen-bond donors (Lipinski definition) is 1. The second kappa shape index (κ2) is 4.45. The lowest BCUT2D eigenvalue weighted by atomic mass is 10.3. The van der Waals surface area contributed by atoms with Gasteiger partial charge < -0.3 is 9.73 Å². The third kappa shape index (κ3) is 3.11. The lowest BCUT2D eigenvalue weighted by molar-refractivity contribution is -0.116. The van der Waals surface area contributed by atoms with Gasteiger partial charge in [0.15, 0.2) is 5.76 Å². The molecular formula is C9H11NO3. The molecule has 1 N–H and O–H groups in total. The van der Waals surface area contributed by atoms with Crippen molar-refractivity contribution in [2.24, 2.45) is 0 Å². The standard InChI is InChI=1S/C9H11NO3/c1-7(11)4-5-10-9(12)8-3-2-6-13-8/h2-3,6H,4-5H2,1H3,(H,10,12). The summed E-state index contributed by atoms with van der Waals surface area (Å²) in [7, 11) is 0. The van der Waals surface area contributed by atoms with Gasteiger partial charge in [-0.3, -0.25) is 9.59 Å². The summed E-state index contributed by atoms with van der Waals surface area (Å²) >= 11 is 0. The summed E-state index contributed by atoms with van der Waals surface area (Å²) in [6, 6.07) is 3.21. The van der Waals surface area contributed by atoms with E-state index in [4.69, 9.17) is 4.42 Å². The van der Waals surface area contributed by atoms with E-state index in [2.05, 4.69) is 5.32 Å². The van der Waals surface area contributed by atoms with Crippen LogP contribution in [-0.4, -0.2) is 18.2 Å². The van der Waals surface area contributed by atoms with Crippen molar-refractivity contribution < 1.29 is 14.0 Å². The fraction of sp³-hybridized carbons (Fsp3) is 0.333. The van der Waals surface area contributed by atoms with Gasteiger partial charge >= 0.3 is 0 Å². The van der Waals surface area contributed by atoms with Crippen LogP contribution in [0.4, 0.5) is 0 Å². The Morgan fingerprint density at radius 2 is 2.31 bits per heavy atom. The van der Waals surface area contributed by atoms with E-state index in [1.165, 1.54) is 13.2 Å². The highest BCUT2D eigenvalue weighted by Gasteiger charge is 2.06. The smallest absolute Gasteiger partial charge is 0.286 e. The number of nitrogens with one attached hydrogen (secondary N) is 1. The van der Waals surface area contributed by atoms with Crippen molar-refractivity contribution in [3.8, 4) is 0 Å². The van der Waals surface area contributed by atoms with Crippen molar-refractivity contribution in [3.63, 3.8) is 0 Å². The Balaban J connectivity index is 2.31. The Labute approximate surface area is 75.9 Å². The molecule has 1 amide bonds. The average molecular weight is 181 g/mol. The first-order valence-electron chi connectivity index (χ1n) is 4.01. The predicted octanol–water partition coefficient (Wildman–Crippen LogP) is 0.989. The molecule has 70 valence electrons. The highest BCUT2D eigenvalue weighted by Crippen LogP contribution is 1.98. The molecule has 1 aromatic heterocycles. The molecule has 1 aromatic rings. The summed E-state index contributed by atoms with van der Waals surface area (Å²) in [5, 5.41) is 2.56. The maximum absolute atomic E-state index is 11.2. The van der Waals surface area contributed by atoms with Crippen LogP contribution < -0.4 is 5.32 Å². The molecule has 0 spiro atoms. The maximum Gasteiger partial charge on any atom is 0.286 e. The second-order valence-corrected chi connectivity index (χ2v) is 2.69. The Bertz CT molecular complexity index is 290. The van der Waals surface area contributed by atoms with Crippen LogP contribution in [0.1, 0.15) is 23.9 Å². The quantitative estimate of drug-likeness (QED) is 0.753. The molecule has 0 radical (unpaired) electrons. The number of carbonyl (C=O) groups is 2. The highest BCUT2D eigenvalue weighted by atomic mass is 16.3. The summed E-state index contributed by atoms with van der Waals surface area (Å²) in [6.07, 6.45) is 1.78. The summed E-state index contributed by atoms with van der Waals surface area (Å²) in [5.74, 6) is 0.0366. The number of Topliss-reactive ketones (excluding diaryl/α,β-unsaturated/α-hetero) is 1. The molecular weight excluding hydrogens is 170 g/mol. The summed E-state index contributed by atoms with van der Waals surface area (Å²) in [5.41, 5.74) is 0. The zero-order valence-corrected chi connectivity index (χ0v) is 7.37. The SMILES string of the molecule is CC(=O)CCNC(=O)c1ccco1. The molecule has 1 rings (SSSR count). The molecule has 13 heavy (non-hydrogen) atoms. The predicted molar refractivity (Wildman–Crippen MR) is 46.3 cm³/mol. The Kier molecular flexibility index (Phi) is 3.25. The van der Waals surface area contributed by atoms with Crippen molar-refractivity contribution in [1.29, 1.82) is 0 Å². The molecule has 0 aromatic carbocycles. The molecule has 0 saturated heterocycles. The summed E-state index contributed by atoms with van der Waals surface area (Å²) in [6.45, 7) is 1.84. The molecule has 0 aliphatic heterocycles. The monoisotopic (exact) mass is 181 g/mol. The zero-order valence-electron chi connectivity index (χ0n) is 7.37. The first-order chi connectivity index (χ1) is 6.20. The molecule has 0 aliphatic rings. The number of hydrogen-bond acceptors (Lipinski definition) is 3. The van der Waals surface area contributed by atoms with E-state index in [-0.39, 0.29) is 17.5 Å². The third-order valence-corrected chi connectivity index (χ3v) is 1.51. The number of ketones is 1. The average Bonchev–Trinajstić information content (AvgIpc) is 2.55. The molecule has 0 saturated carbocycles. The van der Waals surface area contributed by atoms with Crippen LogP contribution in [0.25, 0.3) is 0 Å². The largest absolute Gasteiger partial charge is 0.459 e. The topological polar surface area (TPSA) is 59.3 Å². The Hall–Kier alpha value is -1.58. The van der Waals surface area contributed by atoms with Gasteiger partial charge in [-0.15, -0.1) is 0 Å². The van der Waals surface area contributed by atoms with Crippen LogP contribution in [0.3, 0.4) is 0 Å². The normalized spacial score (nSPS) is 9.62. The van der Waals surface area contributed by atoms with E-state index in [1.54, 1.807) is 12.1 Å². The molecule has 0 aliphatic carbocycles. The van der Waals surface area contributed by atoms with E-state index < -0.39 is 0 Å². The van der Waals surface area contributed by atoms with Crippen LogP contribution in [-0.2, 0) is 4.79 Å². The molecule has 0 unspecified atom stereocenters. The molecule has 4 nitrogen and oxygen atoms in total. The minimum atomic E-state index is -0.286. The molecule has 0 fully saturated rings. The second-order valence-electron chi connectivity index (χ2n) is 2.69. The maximum atomic E-state index is 11.2. The van der Waals surface area contributed by atoms with Crippen molar-refractivity contribution in [2.75, 3.05) is 6.54 Å². The molecule has 0 bridgehead atoms. The number of carbonyl (C=O) groups excluding carboxylic acids is 2. The highest BCUT2D eigenvalue weighted by molar-refractivity contribution is 5.91. The number of rotatable bonds is 4. The summed E-state index contributed by atoms with van der Waals surface area (Å²) < 4.78 is 4.86. The van der Waals surface area contributed by atoms with E-state index in [1.807, 2.05) is 0 Å². The number of furan rings is 1. The Morgan fingerprint density at radius 1 is 1.54 bits per heavy atom. The molecule has 4 heteroatoms. The van der Waals surface area contributed by atoms with Gasteiger partial charge in [-0.05, 0) is 19.1 Å². The van der Waals surface area contributed by atoms with Gasteiger partial charge in [-0.2, -0.15) is 0 Å². The van der Waals surface area contributed by atoms with Crippen LogP contribution in [0.2, 0.25) is 0 Å². The Morgan fingerprint density at radius 3 is 2.85 bits per heavy atom. The fourth-order valence-corrected chi connectivity index (χ4v) is 0.847. The van der Waals surface area contributed by atoms with Crippen LogP contribution in [0, 0.1) is 0 Å². The zero-order chi connectivity index (χ0) is 9.68. The first kappa shape index (κ1) is 9.51.